The Morgan fingerprint density at radius 1 is 1.26 bits per heavy atom. The number of methoxy groups -OCH3 is 1. The van der Waals surface area contributed by atoms with Crippen LogP contribution in [-0.2, 0) is 4.79 Å². The van der Waals surface area contributed by atoms with E-state index in [-0.39, 0.29) is 17.9 Å². The largest absolute Gasteiger partial charge is 0.496 e. The quantitative estimate of drug-likeness (QED) is 0.877. The molecule has 2 unspecified atom stereocenters. The predicted octanol–water partition coefficient (Wildman–Crippen LogP) is 2.89. The molecule has 0 aromatic heterocycles. The number of nitrogens with one attached hydrogen (secondary N) is 1. The Kier molecular flexibility index (Phi) is 6.05. The Balaban J connectivity index is 2.19. The van der Waals surface area contributed by atoms with Gasteiger partial charge in [0.15, 0.2) is 0 Å². The van der Waals surface area contributed by atoms with Crippen molar-refractivity contribution in [1.29, 1.82) is 0 Å². The molecule has 1 fully saturated rings. The van der Waals surface area contributed by atoms with Gasteiger partial charge in [0.25, 0.3) is 0 Å². The van der Waals surface area contributed by atoms with Gasteiger partial charge in [0.1, 0.15) is 5.75 Å². The molecule has 23 heavy (non-hydrogen) atoms. The highest BCUT2D eigenvalue weighted by Crippen LogP contribution is 2.35. The number of nitrogens with zero attached hydrogens (tertiary/aromatic N) is 1. The van der Waals surface area contributed by atoms with Crippen LogP contribution >= 0.6 is 0 Å². The highest BCUT2D eigenvalue weighted by atomic mass is 16.5. The van der Waals surface area contributed by atoms with E-state index >= 15 is 0 Å². The molecular weight excluding hydrogens is 288 g/mol. The number of amides is 1. The SMILES string of the molecule is COc1ccccc1C1CNCC1CN(C(=O)C(C)C)C(C)C. The lowest BCUT2D eigenvalue weighted by molar-refractivity contribution is -0.136. The van der Waals surface area contributed by atoms with Gasteiger partial charge in [0.2, 0.25) is 5.91 Å². The summed E-state index contributed by atoms with van der Waals surface area (Å²) in [5.41, 5.74) is 1.24. The molecule has 1 saturated heterocycles. The predicted molar refractivity (Wildman–Crippen MR) is 93.8 cm³/mol. The topological polar surface area (TPSA) is 41.6 Å². The van der Waals surface area contributed by atoms with E-state index < -0.39 is 0 Å². The van der Waals surface area contributed by atoms with Crippen molar-refractivity contribution in [2.75, 3.05) is 26.7 Å². The van der Waals surface area contributed by atoms with Gasteiger partial charge in [-0.2, -0.15) is 0 Å². The minimum Gasteiger partial charge on any atom is -0.496 e. The van der Waals surface area contributed by atoms with Gasteiger partial charge >= 0.3 is 0 Å². The molecular formula is C19H30N2O2. The van der Waals surface area contributed by atoms with Crippen LogP contribution in [0.5, 0.6) is 5.75 Å². The summed E-state index contributed by atoms with van der Waals surface area (Å²) >= 11 is 0. The highest BCUT2D eigenvalue weighted by Gasteiger charge is 2.33. The van der Waals surface area contributed by atoms with Gasteiger partial charge in [-0.1, -0.05) is 32.0 Å². The van der Waals surface area contributed by atoms with Crippen LogP contribution in [0.2, 0.25) is 0 Å². The average molecular weight is 318 g/mol. The van der Waals surface area contributed by atoms with Crippen molar-refractivity contribution in [3.8, 4) is 5.75 Å². The van der Waals surface area contributed by atoms with Crippen LogP contribution < -0.4 is 10.1 Å². The second-order valence-corrected chi connectivity index (χ2v) is 7.01. The maximum atomic E-state index is 12.5. The first-order valence-electron chi connectivity index (χ1n) is 8.59. The summed E-state index contributed by atoms with van der Waals surface area (Å²) in [7, 11) is 1.72. The molecule has 1 heterocycles. The van der Waals surface area contributed by atoms with E-state index in [0.29, 0.717) is 11.8 Å². The fourth-order valence-electron chi connectivity index (χ4n) is 3.40. The van der Waals surface area contributed by atoms with Gasteiger partial charge in [-0.3, -0.25) is 4.79 Å². The molecule has 128 valence electrons. The lowest BCUT2D eigenvalue weighted by atomic mass is 9.87. The number of rotatable bonds is 6. The normalized spacial score (nSPS) is 21.0. The maximum absolute atomic E-state index is 12.5. The van der Waals surface area contributed by atoms with Crippen LogP contribution in [0.3, 0.4) is 0 Å². The first kappa shape index (κ1) is 17.8. The molecule has 0 aliphatic carbocycles. The summed E-state index contributed by atoms with van der Waals surface area (Å²) in [4.78, 5) is 14.6. The molecule has 1 aromatic carbocycles. The second-order valence-electron chi connectivity index (χ2n) is 7.01. The minimum absolute atomic E-state index is 0.0384. The maximum Gasteiger partial charge on any atom is 0.225 e. The first-order chi connectivity index (χ1) is 11.0. The van der Waals surface area contributed by atoms with Crippen molar-refractivity contribution in [1.82, 2.24) is 10.2 Å². The molecule has 2 atom stereocenters. The summed E-state index contributed by atoms with van der Waals surface area (Å²) in [5, 5.41) is 3.49. The molecule has 1 aromatic rings. The zero-order valence-electron chi connectivity index (χ0n) is 15.0. The molecule has 0 saturated carbocycles. The molecule has 1 aliphatic rings. The molecule has 1 N–H and O–H groups in total. The number of carbonyl (C=O) groups is 1. The van der Waals surface area contributed by atoms with Crippen LogP contribution in [0.1, 0.15) is 39.2 Å². The van der Waals surface area contributed by atoms with E-state index in [1.165, 1.54) is 5.56 Å². The Bertz CT molecular complexity index is 528. The fourth-order valence-corrected chi connectivity index (χ4v) is 3.40. The van der Waals surface area contributed by atoms with E-state index in [9.17, 15) is 4.79 Å². The molecule has 2 rings (SSSR count). The molecule has 0 spiro atoms. The van der Waals surface area contributed by atoms with Gasteiger partial charge in [-0.05, 0) is 31.4 Å². The minimum atomic E-state index is 0.0384. The molecule has 1 aliphatic heterocycles. The van der Waals surface area contributed by atoms with Crippen LogP contribution in [0.4, 0.5) is 0 Å². The summed E-state index contributed by atoms with van der Waals surface area (Å²) in [6, 6.07) is 8.45. The van der Waals surface area contributed by atoms with Crippen LogP contribution in [-0.4, -0.2) is 43.6 Å². The van der Waals surface area contributed by atoms with Crippen molar-refractivity contribution < 1.29 is 9.53 Å². The molecule has 0 radical (unpaired) electrons. The summed E-state index contributed by atoms with van der Waals surface area (Å²) in [6.07, 6.45) is 0. The highest BCUT2D eigenvalue weighted by molar-refractivity contribution is 5.78. The summed E-state index contributed by atoms with van der Waals surface area (Å²) in [5.74, 6) is 2.02. The van der Waals surface area contributed by atoms with Gasteiger partial charge in [-0.25, -0.2) is 0 Å². The van der Waals surface area contributed by atoms with E-state index in [1.807, 2.05) is 30.9 Å². The number of hydrogen-bond acceptors (Lipinski definition) is 3. The number of hydrogen-bond donors (Lipinski definition) is 1. The van der Waals surface area contributed by atoms with Crippen molar-refractivity contribution in [3.05, 3.63) is 29.8 Å². The van der Waals surface area contributed by atoms with Gasteiger partial charge in [0.05, 0.1) is 7.11 Å². The molecule has 1 amide bonds. The van der Waals surface area contributed by atoms with Gasteiger partial charge in [-0.15, -0.1) is 0 Å². The molecule has 4 heteroatoms. The number of benzene rings is 1. The monoisotopic (exact) mass is 318 g/mol. The van der Waals surface area contributed by atoms with E-state index in [1.54, 1.807) is 7.11 Å². The third kappa shape index (κ3) is 4.05. The Morgan fingerprint density at radius 2 is 1.96 bits per heavy atom. The average Bonchev–Trinajstić information content (AvgIpc) is 2.99. The standard InChI is InChI=1S/C19H30N2O2/c1-13(2)19(22)21(14(3)4)12-15-10-20-11-17(15)16-8-6-7-9-18(16)23-5/h6-9,13-15,17,20H,10-12H2,1-5H3. The zero-order valence-corrected chi connectivity index (χ0v) is 15.0. The van der Waals surface area contributed by atoms with Gasteiger partial charge < -0.3 is 15.0 Å². The zero-order chi connectivity index (χ0) is 17.0. The van der Waals surface area contributed by atoms with Crippen LogP contribution in [0, 0.1) is 11.8 Å². The van der Waals surface area contributed by atoms with Crippen LogP contribution in [0.15, 0.2) is 24.3 Å². The number of para-hydroxylation sites is 1. The Morgan fingerprint density at radius 3 is 2.57 bits per heavy atom. The number of ether oxygens (including phenoxy) is 1. The smallest absolute Gasteiger partial charge is 0.225 e. The molecule has 0 bridgehead atoms. The van der Waals surface area contributed by atoms with Crippen molar-refractivity contribution in [2.45, 2.75) is 39.7 Å². The lowest BCUT2D eigenvalue weighted by Crippen LogP contribution is -2.43. The van der Waals surface area contributed by atoms with Gasteiger partial charge in [0, 0.05) is 37.5 Å². The van der Waals surface area contributed by atoms with Crippen LogP contribution in [0.25, 0.3) is 0 Å². The first-order valence-corrected chi connectivity index (χ1v) is 8.59. The number of carbonyl (C=O) groups excluding carboxylic acids is 1. The summed E-state index contributed by atoms with van der Waals surface area (Å²) < 4.78 is 5.54. The fraction of sp³-hybridized carbons (Fsp3) is 0.632. The van der Waals surface area contributed by atoms with E-state index in [0.717, 1.165) is 25.4 Å². The second kappa shape index (κ2) is 7.82. The lowest BCUT2D eigenvalue weighted by Gasteiger charge is -2.33. The van der Waals surface area contributed by atoms with E-state index in [2.05, 4.69) is 31.3 Å². The summed E-state index contributed by atoms with van der Waals surface area (Å²) in [6.45, 7) is 10.8. The van der Waals surface area contributed by atoms with Crippen molar-refractivity contribution in [2.24, 2.45) is 11.8 Å². The van der Waals surface area contributed by atoms with E-state index in [4.69, 9.17) is 4.74 Å². The molecule has 4 nitrogen and oxygen atoms in total. The Labute approximate surface area is 140 Å². The van der Waals surface area contributed by atoms with Crippen molar-refractivity contribution >= 4 is 5.91 Å². The third-order valence-corrected chi connectivity index (χ3v) is 4.71. The third-order valence-electron chi connectivity index (χ3n) is 4.71. The van der Waals surface area contributed by atoms with Crippen molar-refractivity contribution in [3.63, 3.8) is 0 Å². The Hall–Kier alpha value is -1.55.